The Morgan fingerprint density at radius 2 is 1.86 bits per heavy atom. The molecule has 0 aliphatic carbocycles. The third-order valence-corrected chi connectivity index (χ3v) is 4.12. The van der Waals surface area contributed by atoms with Crippen molar-refractivity contribution in [1.29, 1.82) is 0 Å². The second kappa shape index (κ2) is 6.34. The Morgan fingerprint density at radius 1 is 1.05 bits per heavy atom. The van der Waals surface area contributed by atoms with E-state index in [0.717, 1.165) is 39.0 Å². The van der Waals surface area contributed by atoms with Crippen LogP contribution in [0.5, 0.6) is 5.75 Å². The number of halogens is 1. The smallest absolute Gasteiger partial charge is 0.145 e. The molecule has 106 valence electrons. The normalized spacial score (nSPS) is 10.8. The third kappa shape index (κ3) is 3.12. The summed E-state index contributed by atoms with van der Waals surface area (Å²) in [6, 6.07) is 9.95. The summed E-state index contributed by atoms with van der Waals surface area (Å²) in [6.07, 6.45) is 5.32. The molecule has 0 aliphatic heterocycles. The van der Waals surface area contributed by atoms with Gasteiger partial charge in [-0.05, 0) is 58.8 Å². The molecule has 0 amide bonds. The van der Waals surface area contributed by atoms with Crippen molar-refractivity contribution in [1.82, 2.24) is 15.0 Å². The van der Waals surface area contributed by atoms with E-state index in [1.54, 1.807) is 7.11 Å². The Bertz CT molecular complexity index is 762. The van der Waals surface area contributed by atoms with Gasteiger partial charge in [0.15, 0.2) is 0 Å². The second-order valence-electron chi connectivity index (χ2n) is 4.64. The van der Waals surface area contributed by atoms with Crippen molar-refractivity contribution in [3.63, 3.8) is 0 Å². The highest BCUT2D eigenvalue weighted by Crippen LogP contribution is 2.26. The Balaban J connectivity index is 1.92. The number of ether oxygens (including phenoxy) is 1. The van der Waals surface area contributed by atoms with Gasteiger partial charge in [0.1, 0.15) is 20.8 Å². The number of para-hydroxylation sites is 1. The third-order valence-electron chi connectivity index (χ3n) is 3.30. The molecule has 0 N–H and O–H groups in total. The molecule has 0 saturated carbocycles. The monoisotopic (exact) mass is 391 g/mol. The highest BCUT2D eigenvalue weighted by atomic mass is 127. The van der Waals surface area contributed by atoms with E-state index in [1.165, 1.54) is 5.56 Å². The molecule has 0 radical (unpaired) electrons. The largest absolute Gasteiger partial charge is 0.494 e. The van der Waals surface area contributed by atoms with Crippen LogP contribution in [-0.4, -0.2) is 22.1 Å². The predicted molar refractivity (Wildman–Crippen MR) is 90.5 cm³/mol. The van der Waals surface area contributed by atoms with Gasteiger partial charge >= 0.3 is 0 Å². The topological polar surface area (TPSA) is 47.9 Å². The molecule has 0 aliphatic rings. The first-order valence-corrected chi connectivity index (χ1v) is 7.74. The average molecular weight is 391 g/mol. The number of aryl methyl sites for hydroxylation is 2. The number of methoxy groups -OCH3 is 1. The van der Waals surface area contributed by atoms with Crippen LogP contribution >= 0.6 is 22.6 Å². The fourth-order valence-electron chi connectivity index (χ4n) is 2.21. The SMILES string of the molecule is COc1cccc2c(I)nc(CCc3ccncc3)nc12. The van der Waals surface area contributed by atoms with Gasteiger partial charge < -0.3 is 4.74 Å². The molecule has 0 unspecified atom stereocenters. The molecule has 0 bridgehead atoms. The lowest BCUT2D eigenvalue weighted by atomic mass is 10.1. The van der Waals surface area contributed by atoms with E-state index in [2.05, 4.69) is 37.5 Å². The van der Waals surface area contributed by atoms with Gasteiger partial charge in [-0.15, -0.1) is 0 Å². The summed E-state index contributed by atoms with van der Waals surface area (Å²) in [7, 11) is 1.67. The van der Waals surface area contributed by atoms with Crippen LogP contribution in [0, 0.1) is 3.70 Å². The van der Waals surface area contributed by atoms with Gasteiger partial charge in [-0.3, -0.25) is 4.98 Å². The Morgan fingerprint density at radius 3 is 2.62 bits per heavy atom. The fourth-order valence-corrected chi connectivity index (χ4v) is 2.93. The highest BCUT2D eigenvalue weighted by molar-refractivity contribution is 14.1. The maximum absolute atomic E-state index is 5.40. The Labute approximate surface area is 136 Å². The van der Waals surface area contributed by atoms with Crippen LogP contribution < -0.4 is 4.74 Å². The molecule has 0 atom stereocenters. The van der Waals surface area contributed by atoms with Gasteiger partial charge in [-0.2, -0.15) is 0 Å². The van der Waals surface area contributed by atoms with Crippen LogP contribution in [-0.2, 0) is 12.8 Å². The molecule has 5 heteroatoms. The van der Waals surface area contributed by atoms with E-state index < -0.39 is 0 Å². The van der Waals surface area contributed by atoms with Crippen molar-refractivity contribution in [3.05, 3.63) is 57.8 Å². The molecular weight excluding hydrogens is 377 g/mol. The van der Waals surface area contributed by atoms with Crippen molar-refractivity contribution >= 4 is 33.5 Å². The predicted octanol–water partition coefficient (Wildman–Crippen LogP) is 3.42. The van der Waals surface area contributed by atoms with Crippen LogP contribution in [0.3, 0.4) is 0 Å². The lowest BCUT2D eigenvalue weighted by Gasteiger charge is -2.08. The van der Waals surface area contributed by atoms with E-state index in [-0.39, 0.29) is 0 Å². The van der Waals surface area contributed by atoms with Gasteiger partial charge in [0.2, 0.25) is 0 Å². The first-order chi connectivity index (χ1) is 10.3. The molecule has 2 aromatic heterocycles. The molecule has 3 rings (SSSR count). The molecule has 0 saturated heterocycles. The number of aromatic nitrogens is 3. The summed E-state index contributed by atoms with van der Waals surface area (Å²) < 4.78 is 6.36. The minimum Gasteiger partial charge on any atom is -0.494 e. The fraction of sp³-hybridized carbons (Fsp3) is 0.188. The van der Waals surface area contributed by atoms with E-state index in [9.17, 15) is 0 Å². The zero-order valence-corrected chi connectivity index (χ0v) is 13.7. The van der Waals surface area contributed by atoms with Crippen molar-refractivity contribution < 1.29 is 4.74 Å². The number of benzene rings is 1. The summed E-state index contributed by atoms with van der Waals surface area (Å²) in [5, 5.41) is 1.03. The van der Waals surface area contributed by atoms with E-state index >= 15 is 0 Å². The Kier molecular flexibility index (Phi) is 4.28. The molecular formula is C16H14IN3O. The van der Waals surface area contributed by atoms with Crippen molar-refractivity contribution in [2.24, 2.45) is 0 Å². The van der Waals surface area contributed by atoms with Crippen molar-refractivity contribution in [2.45, 2.75) is 12.8 Å². The van der Waals surface area contributed by atoms with Crippen LogP contribution in [0.25, 0.3) is 10.9 Å². The zero-order valence-electron chi connectivity index (χ0n) is 11.6. The molecule has 1 aromatic carbocycles. The number of nitrogens with zero attached hydrogens (tertiary/aromatic N) is 3. The average Bonchev–Trinajstić information content (AvgIpc) is 2.53. The number of rotatable bonds is 4. The summed E-state index contributed by atoms with van der Waals surface area (Å²) in [5.74, 6) is 1.63. The minimum atomic E-state index is 0.790. The number of pyridine rings is 1. The van der Waals surface area contributed by atoms with Crippen LogP contribution in [0.1, 0.15) is 11.4 Å². The van der Waals surface area contributed by atoms with Crippen LogP contribution in [0.2, 0.25) is 0 Å². The van der Waals surface area contributed by atoms with Gasteiger partial charge in [-0.1, -0.05) is 6.07 Å². The molecule has 4 nitrogen and oxygen atoms in total. The highest BCUT2D eigenvalue weighted by Gasteiger charge is 2.09. The van der Waals surface area contributed by atoms with Gasteiger partial charge in [-0.25, -0.2) is 9.97 Å². The quantitative estimate of drug-likeness (QED) is 0.505. The van der Waals surface area contributed by atoms with Crippen molar-refractivity contribution in [2.75, 3.05) is 7.11 Å². The maximum atomic E-state index is 5.40. The Hall–Kier alpha value is -1.76. The zero-order chi connectivity index (χ0) is 14.7. The number of hydrogen-bond acceptors (Lipinski definition) is 4. The summed E-state index contributed by atoms with van der Waals surface area (Å²) >= 11 is 2.25. The van der Waals surface area contributed by atoms with Gasteiger partial charge in [0.25, 0.3) is 0 Å². The van der Waals surface area contributed by atoms with Crippen molar-refractivity contribution in [3.8, 4) is 5.75 Å². The van der Waals surface area contributed by atoms with E-state index in [0.29, 0.717) is 0 Å². The standard InChI is InChI=1S/C16H14IN3O/c1-21-13-4-2-3-12-15(13)19-14(20-16(12)17)6-5-11-7-9-18-10-8-11/h2-4,7-10H,5-6H2,1H3. The van der Waals surface area contributed by atoms with E-state index in [1.807, 2.05) is 42.7 Å². The lowest BCUT2D eigenvalue weighted by Crippen LogP contribution is -2.02. The van der Waals surface area contributed by atoms with Gasteiger partial charge in [0, 0.05) is 24.2 Å². The first kappa shape index (κ1) is 14.2. The second-order valence-corrected chi connectivity index (χ2v) is 5.66. The van der Waals surface area contributed by atoms with E-state index in [4.69, 9.17) is 4.74 Å². The molecule has 0 spiro atoms. The van der Waals surface area contributed by atoms with Crippen LogP contribution in [0.4, 0.5) is 0 Å². The van der Waals surface area contributed by atoms with Gasteiger partial charge in [0.05, 0.1) is 7.11 Å². The summed E-state index contributed by atoms with van der Waals surface area (Å²) in [5.41, 5.74) is 2.12. The first-order valence-electron chi connectivity index (χ1n) is 6.66. The molecule has 21 heavy (non-hydrogen) atoms. The minimum absolute atomic E-state index is 0.790. The summed E-state index contributed by atoms with van der Waals surface area (Å²) in [4.78, 5) is 13.3. The number of hydrogen-bond donors (Lipinski definition) is 0. The molecule has 2 heterocycles. The summed E-state index contributed by atoms with van der Waals surface area (Å²) in [6.45, 7) is 0. The molecule has 0 fully saturated rings. The number of fused-ring (bicyclic) bond motifs is 1. The lowest BCUT2D eigenvalue weighted by molar-refractivity contribution is 0.418. The van der Waals surface area contributed by atoms with Crippen LogP contribution in [0.15, 0.2) is 42.7 Å². The molecule has 3 aromatic rings. The maximum Gasteiger partial charge on any atom is 0.145 e.